The molecule has 0 saturated heterocycles. The Balaban J connectivity index is 1.50. The van der Waals surface area contributed by atoms with Gasteiger partial charge < -0.3 is 5.11 Å². The van der Waals surface area contributed by atoms with E-state index < -0.39 is 0 Å². The fourth-order valence-electron chi connectivity index (χ4n) is 7.23. The number of aromatic nitrogens is 2. The number of aliphatic hydroxyl groups is 1. The molecule has 7 atom stereocenters. The van der Waals surface area contributed by atoms with Crippen LogP contribution in [0.5, 0.6) is 0 Å². The summed E-state index contributed by atoms with van der Waals surface area (Å²) in [6.07, 6.45) is 9.42. The Morgan fingerprint density at radius 1 is 0.957 bits per heavy atom. The second-order valence-corrected chi connectivity index (χ2v) is 9.33. The molecular weight excluding hydrogens is 288 g/mol. The fourth-order valence-corrected chi connectivity index (χ4v) is 7.23. The molecule has 0 spiro atoms. The number of rotatable bonds is 0. The van der Waals surface area contributed by atoms with E-state index in [-0.39, 0.29) is 11.5 Å². The van der Waals surface area contributed by atoms with Gasteiger partial charge in [-0.1, -0.05) is 24.2 Å². The molecule has 23 heavy (non-hydrogen) atoms. The van der Waals surface area contributed by atoms with Gasteiger partial charge >= 0.3 is 0 Å². The Bertz CT molecular complexity index is 629. The summed E-state index contributed by atoms with van der Waals surface area (Å²) < 4.78 is 5.02. The molecule has 5 rings (SSSR count). The lowest BCUT2D eigenvalue weighted by Gasteiger charge is -2.59. The molecule has 4 heteroatoms. The molecule has 1 heterocycles. The maximum absolute atomic E-state index is 10.5. The van der Waals surface area contributed by atoms with Crippen molar-refractivity contribution < 1.29 is 9.74 Å². The minimum absolute atomic E-state index is 0.0725. The molecule has 0 radical (unpaired) electrons. The van der Waals surface area contributed by atoms with Gasteiger partial charge in [-0.3, -0.25) is 0 Å². The van der Waals surface area contributed by atoms with E-state index in [2.05, 4.69) is 24.2 Å². The van der Waals surface area contributed by atoms with Gasteiger partial charge in [-0.05, 0) is 79.4 Å². The molecule has 4 aliphatic carbocycles. The van der Waals surface area contributed by atoms with E-state index >= 15 is 0 Å². The van der Waals surface area contributed by atoms with Crippen LogP contribution in [0.25, 0.3) is 0 Å². The molecule has 4 nitrogen and oxygen atoms in total. The van der Waals surface area contributed by atoms with E-state index in [0.717, 1.165) is 54.3 Å². The lowest BCUT2D eigenvalue weighted by Crippen LogP contribution is -2.54. The summed E-state index contributed by atoms with van der Waals surface area (Å²) in [5, 5.41) is 18.9. The van der Waals surface area contributed by atoms with Gasteiger partial charge in [0, 0.05) is 6.42 Å². The molecule has 0 aromatic carbocycles. The van der Waals surface area contributed by atoms with Crippen molar-refractivity contribution in [1.29, 1.82) is 0 Å². The maximum Gasteiger partial charge on any atom is 0.108 e. The molecule has 0 bridgehead atoms. The van der Waals surface area contributed by atoms with E-state index in [9.17, 15) is 5.11 Å². The fraction of sp³-hybridized carbons (Fsp3) is 0.895. The van der Waals surface area contributed by atoms with Crippen LogP contribution in [0.4, 0.5) is 0 Å². The first-order chi connectivity index (χ1) is 11.0. The summed E-state index contributed by atoms with van der Waals surface area (Å²) >= 11 is 0. The van der Waals surface area contributed by atoms with Gasteiger partial charge in [-0.2, -0.15) is 0 Å². The van der Waals surface area contributed by atoms with Crippen LogP contribution in [0, 0.1) is 34.5 Å². The Kier molecular flexibility index (Phi) is 2.88. The van der Waals surface area contributed by atoms with Crippen LogP contribution < -0.4 is 0 Å². The molecule has 0 amide bonds. The van der Waals surface area contributed by atoms with Crippen LogP contribution in [0.1, 0.15) is 63.8 Å². The molecule has 0 aliphatic heterocycles. The monoisotopic (exact) mass is 316 g/mol. The molecule has 3 fully saturated rings. The van der Waals surface area contributed by atoms with E-state index in [0.29, 0.717) is 5.41 Å². The van der Waals surface area contributed by atoms with Gasteiger partial charge in [0.25, 0.3) is 0 Å². The SMILES string of the molecule is C[C@]12Cc3nonc3C[C@@H]1CC[C@@H]1[C@@H]2CC[C@]2(C)[C@@H](O)CC[C@@H]12. The van der Waals surface area contributed by atoms with Crippen molar-refractivity contribution in [2.24, 2.45) is 34.5 Å². The molecular formula is C19H28N2O2. The zero-order chi connectivity index (χ0) is 15.8. The smallest absolute Gasteiger partial charge is 0.108 e. The van der Waals surface area contributed by atoms with Crippen molar-refractivity contribution in [2.45, 2.75) is 71.3 Å². The average molecular weight is 316 g/mol. The molecule has 126 valence electrons. The quantitative estimate of drug-likeness (QED) is 0.797. The highest BCUT2D eigenvalue weighted by atomic mass is 16.6. The third-order valence-electron chi connectivity index (χ3n) is 8.64. The summed E-state index contributed by atoms with van der Waals surface area (Å²) in [5.41, 5.74) is 2.76. The molecule has 0 unspecified atom stereocenters. The first kappa shape index (κ1) is 14.4. The Labute approximate surface area is 138 Å². The van der Waals surface area contributed by atoms with E-state index in [1.165, 1.54) is 32.1 Å². The van der Waals surface area contributed by atoms with Crippen molar-refractivity contribution in [3.8, 4) is 0 Å². The zero-order valence-electron chi connectivity index (χ0n) is 14.3. The maximum atomic E-state index is 10.5. The first-order valence-electron chi connectivity index (χ1n) is 9.51. The second kappa shape index (κ2) is 4.59. The standard InChI is InChI=1S/C19H28N2O2/c1-18-8-7-14-12(13(18)5-6-17(18)22)4-3-11-9-15-16(21-23-20-15)10-19(11,14)2/h11-14,17,22H,3-10H2,1-2H3/t11-,12-,13-,14-,17-,18-,19-/m0/s1. The number of aliphatic hydroxyl groups excluding tert-OH is 1. The van der Waals surface area contributed by atoms with Gasteiger partial charge in [0.05, 0.1) is 6.10 Å². The van der Waals surface area contributed by atoms with Crippen molar-refractivity contribution in [2.75, 3.05) is 0 Å². The van der Waals surface area contributed by atoms with Crippen molar-refractivity contribution >= 4 is 0 Å². The normalized spacial score (nSPS) is 51.5. The van der Waals surface area contributed by atoms with E-state index in [1.54, 1.807) is 0 Å². The highest BCUT2D eigenvalue weighted by molar-refractivity contribution is 5.20. The number of hydrogen-bond acceptors (Lipinski definition) is 4. The Morgan fingerprint density at radius 2 is 1.74 bits per heavy atom. The van der Waals surface area contributed by atoms with Gasteiger partial charge in [-0.25, -0.2) is 4.63 Å². The molecule has 3 saturated carbocycles. The van der Waals surface area contributed by atoms with Gasteiger partial charge in [-0.15, -0.1) is 0 Å². The lowest BCUT2D eigenvalue weighted by molar-refractivity contribution is -0.111. The lowest BCUT2D eigenvalue weighted by atomic mass is 9.45. The van der Waals surface area contributed by atoms with Gasteiger partial charge in [0.15, 0.2) is 0 Å². The van der Waals surface area contributed by atoms with E-state index in [1.807, 2.05) is 0 Å². The molecule has 1 N–H and O–H groups in total. The number of nitrogens with zero attached hydrogens (tertiary/aromatic N) is 2. The minimum atomic E-state index is -0.0725. The van der Waals surface area contributed by atoms with Crippen LogP contribution >= 0.6 is 0 Å². The third-order valence-corrected chi connectivity index (χ3v) is 8.64. The predicted molar refractivity (Wildman–Crippen MR) is 85.6 cm³/mol. The number of hydrogen-bond donors (Lipinski definition) is 1. The largest absolute Gasteiger partial charge is 0.393 e. The first-order valence-corrected chi connectivity index (χ1v) is 9.51. The Hall–Kier alpha value is -0.900. The summed E-state index contributed by atoms with van der Waals surface area (Å²) in [6, 6.07) is 0. The molecule has 1 aromatic heterocycles. The highest BCUT2D eigenvalue weighted by Crippen LogP contribution is 2.65. The van der Waals surface area contributed by atoms with Crippen LogP contribution in [0.3, 0.4) is 0 Å². The van der Waals surface area contributed by atoms with Crippen molar-refractivity contribution in [3.63, 3.8) is 0 Å². The Morgan fingerprint density at radius 3 is 2.61 bits per heavy atom. The van der Waals surface area contributed by atoms with Crippen molar-refractivity contribution in [3.05, 3.63) is 11.4 Å². The minimum Gasteiger partial charge on any atom is -0.393 e. The summed E-state index contributed by atoms with van der Waals surface area (Å²) in [5.74, 6) is 3.05. The summed E-state index contributed by atoms with van der Waals surface area (Å²) in [7, 11) is 0. The van der Waals surface area contributed by atoms with Gasteiger partial charge in [0.1, 0.15) is 11.4 Å². The predicted octanol–water partition coefficient (Wildman–Crippen LogP) is 3.39. The molecule has 4 aliphatic rings. The van der Waals surface area contributed by atoms with Crippen LogP contribution in [0.15, 0.2) is 4.63 Å². The van der Waals surface area contributed by atoms with Crippen LogP contribution in [0.2, 0.25) is 0 Å². The van der Waals surface area contributed by atoms with Crippen LogP contribution in [-0.2, 0) is 12.8 Å². The van der Waals surface area contributed by atoms with Crippen LogP contribution in [-0.4, -0.2) is 21.5 Å². The second-order valence-electron chi connectivity index (χ2n) is 9.33. The van der Waals surface area contributed by atoms with Gasteiger partial charge in [0.2, 0.25) is 0 Å². The topological polar surface area (TPSA) is 59.2 Å². The third kappa shape index (κ3) is 1.76. The summed E-state index contributed by atoms with van der Waals surface area (Å²) in [6.45, 7) is 4.88. The highest BCUT2D eigenvalue weighted by Gasteiger charge is 2.60. The average Bonchev–Trinajstić information content (AvgIpc) is 3.08. The molecule has 1 aromatic rings. The summed E-state index contributed by atoms with van der Waals surface area (Å²) in [4.78, 5) is 0. The zero-order valence-corrected chi connectivity index (χ0v) is 14.3. The van der Waals surface area contributed by atoms with Crippen molar-refractivity contribution in [1.82, 2.24) is 10.3 Å². The number of fused-ring (bicyclic) bond motifs is 6. The van der Waals surface area contributed by atoms with E-state index in [4.69, 9.17) is 4.63 Å².